The van der Waals surface area contributed by atoms with Crippen molar-refractivity contribution < 1.29 is 8.78 Å². The van der Waals surface area contributed by atoms with Crippen molar-refractivity contribution in [1.29, 1.82) is 0 Å². The highest BCUT2D eigenvalue weighted by molar-refractivity contribution is 6.83. The molecule has 0 fully saturated rings. The van der Waals surface area contributed by atoms with Gasteiger partial charge < -0.3 is 4.40 Å². The Bertz CT molecular complexity index is 660. The highest BCUT2D eigenvalue weighted by Crippen LogP contribution is 2.12. The molecule has 0 aliphatic heterocycles. The van der Waals surface area contributed by atoms with Gasteiger partial charge in [-0.15, -0.1) is 11.5 Å². The van der Waals surface area contributed by atoms with Crippen molar-refractivity contribution in [1.82, 2.24) is 9.38 Å². The largest absolute Gasteiger partial charge is 0.301 e. The van der Waals surface area contributed by atoms with E-state index in [0.717, 1.165) is 11.8 Å². The molecule has 2 aromatic rings. The van der Waals surface area contributed by atoms with E-state index in [1.807, 2.05) is 0 Å². The van der Waals surface area contributed by atoms with Gasteiger partial charge in [-0.25, -0.2) is 13.8 Å². The molecule has 100 valence electrons. The van der Waals surface area contributed by atoms with Gasteiger partial charge in [0, 0.05) is 31.3 Å². The Kier molecular flexibility index (Phi) is 3.72. The Morgan fingerprint density at radius 1 is 1.26 bits per heavy atom. The summed E-state index contributed by atoms with van der Waals surface area (Å²) in [4.78, 5) is 4.15. The number of aromatic nitrogens is 2. The number of aryl methyl sites for hydroxylation is 1. The Morgan fingerprint density at radius 3 is 2.68 bits per heavy atom. The maximum Gasteiger partial charge on any atom is 0.173 e. The van der Waals surface area contributed by atoms with Gasteiger partial charge in [0.2, 0.25) is 0 Å². The molecule has 0 atom stereocenters. The fraction of sp³-hybridized carbons (Fsp3) is 0.357. The van der Waals surface area contributed by atoms with Crippen LogP contribution in [0.3, 0.4) is 0 Å². The molecule has 0 unspecified atom stereocenters. The van der Waals surface area contributed by atoms with Gasteiger partial charge in [0.25, 0.3) is 0 Å². The third-order valence-corrected chi connectivity index (χ3v) is 3.42. The average Bonchev–Trinajstić information content (AvgIpc) is 2.66. The lowest BCUT2D eigenvalue weighted by molar-refractivity contribution is 0.576. The molecule has 0 N–H and O–H groups in total. The lowest BCUT2D eigenvalue weighted by Gasteiger charge is -2.02. The van der Waals surface area contributed by atoms with Crippen LogP contribution in [0.4, 0.5) is 8.78 Å². The van der Waals surface area contributed by atoms with Gasteiger partial charge in [-0.1, -0.05) is 19.6 Å². The lowest BCUT2D eigenvalue weighted by atomic mass is 10.3. The van der Waals surface area contributed by atoms with Gasteiger partial charge in [-0.05, 0) is 0 Å². The summed E-state index contributed by atoms with van der Waals surface area (Å²) in [5.74, 6) is 1.90. The van der Waals surface area contributed by atoms with E-state index < -0.39 is 19.7 Å². The van der Waals surface area contributed by atoms with Gasteiger partial charge in [0.05, 0.1) is 5.69 Å². The minimum Gasteiger partial charge on any atom is -0.301 e. The van der Waals surface area contributed by atoms with Crippen LogP contribution < -0.4 is 0 Å². The zero-order valence-electron chi connectivity index (χ0n) is 11.3. The summed E-state index contributed by atoms with van der Waals surface area (Å²) in [5.41, 5.74) is 4.16. The average molecular weight is 278 g/mol. The molecule has 0 bridgehead atoms. The molecule has 2 rings (SSSR count). The summed E-state index contributed by atoms with van der Waals surface area (Å²) in [6.07, 6.45) is 4.22. The van der Waals surface area contributed by atoms with E-state index >= 15 is 0 Å². The molecule has 0 radical (unpaired) electrons. The van der Waals surface area contributed by atoms with E-state index in [1.54, 1.807) is 6.20 Å². The summed E-state index contributed by atoms with van der Waals surface area (Å²) in [6.45, 7) is 6.55. The summed E-state index contributed by atoms with van der Waals surface area (Å²) in [7, 11) is -1.34. The highest BCUT2D eigenvalue weighted by atomic mass is 28.3. The maximum atomic E-state index is 13.5. The SMILES string of the molecule is C[Si](C)(C)C#CCCc1cn2cc(F)cc(F)c2n1. The van der Waals surface area contributed by atoms with Gasteiger partial charge in [0.1, 0.15) is 13.9 Å². The van der Waals surface area contributed by atoms with E-state index in [2.05, 4.69) is 36.1 Å². The number of nitrogens with zero attached hydrogens (tertiary/aromatic N) is 2. The molecular weight excluding hydrogens is 262 g/mol. The topological polar surface area (TPSA) is 17.3 Å². The predicted octanol–water partition coefficient (Wildman–Crippen LogP) is 3.43. The zero-order chi connectivity index (χ0) is 14.0. The standard InChI is InChI=1S/C14H16F2N2Si/c1-19(2,3)7-5-4-6-12-10-18-9-11(15)8-13(16)14(18)17-12/h8-10H,4,6H2,1-3H3. The fourth-order valence-corrected chi connectivity index (χ4v) is 2.37. The minimum atomic E-state index is -1.34. The Balaban J connectivity index is 2.14. The van der Waals surface area contributed by atoms with Crippen LogP contribution in [0.15, 0.2) is 18.5 Å². The normalized spacial score (nSPS) is 11.4. The number of hydrogen-bond acceptors (Lipinski definition) is 1. The van der Waals surface area contributed by atoms with Crippen LogP contribution in [-0.2, 0) is 6.42 Å². The molecule has 5 heteroatoms. The number of imidazole rings is 1. The van der Waals surface area contributed by atoms with Crippen molar-refractivity contribution in [2.24, 2.45) is 0 Å². The van der Waals surface area contributed by atoms with E-state index in [9.17, 15) is 8.78 Å². The summed E-state index contributed by atoms with van der Waals surface area (Å²) >= 11 is 0. The molecule has 0 saturated carbocycles. The van der Waals surface area contributed by atoms with Crippen LogP contribution in [0.1, 0.15) is 12.1 Å². The molecular formula is C14H16F2N2Si. The molecule has 0 aliphatic carbocycles. The first-order valence-electron chi connectivity index (χ1n) is 6.18. The number of pyridine rings is 1. The lowest BCUT2D eigenvalue weighted by Crippen LogP contribution is -2.16. The molecule has 0 amide bonds. The van der Waals surface area contributed by atoms with Gasteiger partial charge in [-0.2, -0.15) is 0 Å². The van der Waals surface area contributed by atoms with E-state index in [1.165, 1.54) is 10.6 Å². The van der Waals surface area contributed by atoms with Crippen LogP contribution in [0.25, 0.3) is 5.65 Å². The molecule has 2 heterocycles. The van der Waals surface area contributed by atoms with Crippen molar-refractivity contribution in [3.63, 3.8) is 0 Å². The van der Waals surface area contributed by atoms with Crippen molar-refractivity contribution in [3.05, 3.63) is 35.8 Å². The van der Waals surface area contributed by atoms with Crippen LogP contribution >= 0.6 is 0 Å². The molecule has 0 aliphatic rings. The molecule has 19 heavy (non-hydrogen) atoms. The van der Waals surface area contributed by atoms with Crippen molar-refractivity contribution in [2.45, 2.75) is 32.5 Å². The van der Waals surface area contributed by atoms with Crippen LogP contribution in [-0.4, -0.2) is 17.5 Å². The minimum absolute atomic E-state index is 0.162. The first kappa shape index (κ1) is 13.8. The third kappa shape index (κ3) is 3.64. The quantitative estimate of drug-likeness (QED) is 0.608. The second kappa shape index (κ2) is 5.14. The number of hydrogen-bond donors (Lipinski definition) is 0. The summed E-state index contributed by atoms with van der Waals surface area (Å²) in [6, 6.07) is 0.844. The first-order valence-corrected chi connectivity index (χ1v) is 9.68. The van der Waals surface area contributed by atoms with E-state index in [0.29, 0.717) is 12.8 Å². The second-order valence-electron chi connectivity index (χ2n) is 5.52. The number of fused-ring (bicyclic) bond motifs is 1. The van der Waals surface area contributed by atoms with Crippen molar-refractivity contribution >= 4 is 13.7 Å². The number of rotatable bonds is 2. The van der Waals surface area contributed by atoms with Gasteiger partial charge in [0.15, 0.2) is 11.5 Å². The van der Waals surface area contributed by atoms with Crippen LogP contribution in [0, 0.1) is 23.1 Å². The molecule has 0 saturated heterocycles. The smallest absolute Gasteiger partial charge is 0.173 e. The Morgan fingerprint density at radius 2 is 2.00 bits per heavy atom. The molecule has 0 aromatic carbocycles. The highest BCUT2D eigenvalue weighted by Gasteiger charge is 2.09. The Hall–Kier alpha value is -1.67. The first-order chi connectivity index (χ1) is 8.85. The third-order valence-electron chi connectivity index (χ3n) is 2.49. The zero-order valence-corrected chi connectivity index (χ0v) is 12.3. The van der Waals surface area contributed by atoms with Crippen molar-refractivity contribution in [3.8, 4) is 11.5 Å². The molecule has 2 aromatic heterocycles. The molecule has 2 nitrogen and oxygen atoms in total. The van der Waals surface area contributed by atoms with E-state index in [4.69, 9.17) is 0 Å². The monoisotopic (exact) mass is 278 g/mol. The summed E-state index contributed by atoms with van der Waals surface area (Å²) < 4.78 is 27.9. The van der Waals surface area contributed by atoms with Gasteiger partial charge >= 0.3 is 0 Å². The van der Waals surface area contributed by atoms with E-state index in [-0.39, 0.29) is 5.65 Å². The Labute approximate surface area is 112 Å². The van der Waals surface area contributed by atoms with Crippen LogP contribution in [0.5, 0.6) is 0 Å². The van der Waals surface area contributed by atoms with Crippen molar-refractivity contribution in [2.75, 3.05) is 0 Å². The summed E-state index contributed by atoms with van der Waals surface area (Å²) in [5, 5.41) is 0. The second-order valence-corrected chi connectivity index (χ2v) is 10.3. The predicted molar refractivity (Wildman–Crippen MR) is 74.6 cm³/mol. The maximum absolute atomic E-state index is 13.5. The van der Waals surface area contributed by atoms with Gasteiger partial charge in [-0.3, -0.25) is 0 Å². The molecule has 0 spiro atoms. The van der Waals surface area contributed by atoms with Crippen LogP contribution in [0.2, 0.25) is 19.6 Å². The number of halogens is 2. The fourth-order valence-electron chi connectivity index (χ4n) is 1.71.